The van der Waals surface area contributed by atoms with Crippen molar-refractivity contribution < 1.29 is 13.2 Å². The minimum Gasteiger partial charge on any atom is -0.493 e. The molecule has 1 heterocycles. The molecule has 0 amide bonds. The molecular formula is C10H12ClNO3S. The maximum atomic E-state index is 11.1. The quantitative estimate of drug-likeness (QED) is 0.877. The van der Waals surface area contributed by atoms with Gasteiger partial charge in [-0.25, -0.2) is 13.6 Å². The fourth-order valence-electron chi connectivity index (χ4n) is 1.89. The van der Waals surface area contributed by atoms with Crippen molar-refractivity contribution in [3.8, 4) is 5.75 Å². The lowest BCUT2D eigenvalue weighted by Gasteiger charge is -2.25. The third-order valence-corrected chi connectivity index (χ3v) is 3.67. The van der Waals surface area contributed by atoms with Crippen LogP contribution in [0.1, 0.15) is 17.9 Å². The largest absolute Gasteiger partial charge is 0.493 e. The number of sulfonamides is 1. The molecule has 6 heteroatoms. The summed E-state index contributed by atoms with van der Waals surface area (Å²) in [7, 11) is -3.47. The molecule has 2 N–H and O–H groups in total. The lowest BCUT2D eigenvalue weighted by molar-refractivity contribution is 0.272. The molecule has 88 valence electrons. The molecule has 0 aliphatic carbocycles. The van der Waals surface area contributed by atoms with Crippen LogP contribution in [0.15, 0.2) is 18.2 Å². The summed E-state index contributed by atoms with van der Waals surface area (Å²) < 4.78 is 27.6. The van der Waals surface area contributed by atoms with Gasteiger partial charge in [0.25, 0.3) is 0 Å². The Bertz CT molecular complexity index is 501. The first-order valence-corrected chi connectivity index (χ1v) is 6.98. The second kappa shape index (κ2) is 4.24. The van der Waals surface area contributed by atoms with Crippen LogP contribution in [0, 0.1) is 0 Å². The monoisotopic (exact) mass is 261 g/mol. The first kappa shape index (κ1) is 11.7. The summed E-state index contributed by atoms with van der Waals surface area (Å²) in [5, 5.41) is 5.64. The first-order chi connectivity index (χ1) is 7.46. The molecule has 0 spiro atoms. The van der Waals surface area contributed by atoms with Crippen molar-refractivity contribution in [2.24, 2.45) is 5.14 Å². The minimum absolute atomic E-state index is 0.0506. The second-order valence-electron chi connectivity index (χ2n) is 3.85. The summed E-state index contributed by atoms with van der Waals surface area (Å²) in [6.45, 7) is 0.494. The lowest BCUT2D eigenvalue weighted by atomic mass is 9.95. The number of hydrogen-bond donors (Lipinski definition) is 1. The summed E-state index contributed by atoms with van der Waals surface area (Å²) in [6.07, 6.45) is 0.658. The van der Waals surface area contributed by atoms with Crippen molar-refractivity contribution in [3.05, 3.63) is 28.8 Å². The van der Waals surface area contributed by atoms with Crippen molar-refractivity contribution in [1.29, 1.82) is 0 Å². The molecule has 0 fully saturated rings. The predicted molar refractivity (Wildman–Crippen MR) is 62.3 cm³/mol. The zero-order chi connectivity index (χ0) is 11.8. The molecule has 1 aromatic rings. The van der Waals surface area contributed by atoms with E-state index in [9.17, 15) is 8.42 Å². The van der Waals surface area contributed by atoms with Crippen LogP contribution in [0.25, 0.3) is 0 Å². The molecule has 16 heavy (non-hydrogen) atoms. The van der Waals surface area contributed by atoms with Gasteiger partial charge in [0.15, 0.2) is 0 Å². The highest BCUT2D eigenvalue weighted by molar-refractivity contribution is 7.89. The van der Waals surface area contributed by atoms with Crippen molar-refractivity contribution >= 4 is 21.6 Å². The number of ether oxygens (including phenoxy) is 1. The Hall–Kier alpha value is -0.780. The number of nitrogens with two attached hydrogens (primary N) is 1. The van der Waals surface area contributed by atoms with Crippen LogP contribution in [0.5, 0.6) is 5.75 Å². The number of rotatable bonds is 2. The van der Waals surface area contributed by atoms with Crippen molar-refractivity contribution in [2.75, 3.05) is 12.4 Å². The van der Waals surface area contributed by atoms with Gasteiger partial charge < -0.3 is 4.74 Å². The Morgan fingerprint density at radius 2 is 2.25 bits per heavy atom. The highest BCUT2D eigenvalue weighted by Crippen LogP contribution is 2.35. The van der Waals surface area contributed by atoms with E-state index in [2.05, 4.69) is 0 Å². The summed E-state index contributed by atoms with van der Waals surface area (Å²) in [5.74, 6) is 0.508. The van der Waals surface area contributed by atoms with Gasteiger partial charge in [0, 0.05) is 10.9 Å². The van der Waals surface area contributed by atoms with Crippen molar-refractivity contribution in [2.45, 2.75) is 12.3 Å². The maximum absolute atomic E-state index is 11.1. The lowest BCUT2D eigenvalue weighted by Crippen LogP contribution is -2.25. The smallest absolute Gasteiger partial charge is 0.209 e. The van der Waals surface area contributed by atoms with E-state index < -0.39 is 10.0 Å². The molecule has 0 bridgehead atoms. The Balaban J connectivity index is 2.33. The number of primary sulfonamides is 1. The van der Waals surface area contributed by atoms with Crippen LogP contribution >= 0.6 is 11.6 Å². The van der Waals surface area contributed by atoms with Crippen molar-refractivity contribution in [1.82, 2.24) is 0 Å². The molecule has 1 aromatic carbocycles. The van der Waals surface area contributed by atoms with Gasteiger partial charge in [-0.1, -0.05) is 17.7 Å². The zero-order valence-corrected chi connectivity index (χ0v) is 10.1. The van der Waals surface area contributed by atoms with E-state index in [1.807, 2.05) is 0 Å². The van der Waals surface area contributed by atoms with E-state index in [1.165, 1.54) is 0 Å². The van der Waals surface area contributed by atoms with Crippen LogP contribution in [0.3, 0.4) is 0 Å². The van der Waals surface area contributed by atoms with E-state index in [0.717, 1.165) is 5.56 Å². The molecule has 1 aliphatic heterocycles. The van der Waals surface area contributed by atoms with Gasteiger partial charge in [-0.05, 0) is 24.1 Å². The molecule has 1 aliphatic rings. The fraction of sp³-hybridized carbons (Fsp3) is 0.400. The van der Waals surface area contributed by atoms with E-state index in [0.29, 0.717) is 23.8 Å². The van der Waals surface area contributed by atoms with Crippen LogP contribution < -0.4 is 9.88 Å². The van der Waals surface area contributed by atoms with Gasteiger partial charge in [-0.2, -0.15) is 0 Å². The highest BCUT2D eigenvalue weighted by atomic mass is 35.5. The topological polar surface area (TPSA) is 69.4 Å². The van der Waals surface area contributed by atoms with Crippen molar-refractivity contribution in [3.63, 3.8) is 0 Å². The molecule has 0 saturated heterocycles. The number of hydrogen-bond acceptors (Lipinski definition) is 3. The number of fused-ring (bicyclic) bond motifs is 1. The van der Waals surface area contributed by atoms with Gasteiger partial charge in [0.05, 0.1) is 12.4 Å². The molecule has 1 atom stereocenters. The SMILES string of the molecule is NS(=O)(=O)C[C@H]1CCOc2cc(Cl)ccc21. The summed E-state index contributed by atoms with van der Waals surface area (Å²) in [4.78, 5) is 0. The fourth-order valence-corrected chi connectivity index (χ4v) is 2.96. The molecule has 2 rings (SSSR count). The molecular weight excluding hydrogens is 250 g/mol. The Kier molecular flexibility index (Phi) is 3.10. The maximum Gasteiger partial charge on any atom is 0.209 e. The first-order valence-electron chi connectivity index (χ1n) is 4.88. The normalized spacial score (nSPS) is 20.0. The van der Waals surface area contributed by atoms with Gasteiger partial charge in [0.2, 0.25) is 10.0 Å². The minimum atomic E-state index is -3.47. The second-order valence-corrected chi connectivity index (χ2v) is 5.94. The van der Waals surface area contributed by atoms with Crippen LogP contribution in [0.4, 0.5) is 0 Å². The van der Waals surface area contributed by atoms with Gasteiger partial charge >= 0.3 is 0 Å². The average Bonchev–Trinajstić information content (AvgIpc) is 2.15. The zero-order valence-electron chi connectivity index (χ0n) is 8.52. The van der Waals surface area contributed by atoms with E-state index in [1.54, 1.807) is 18.2 Å². The van der Waals surface area contributed by atoms with Gasteiger partial charge in [-0.3, -0.25) is 0 Å². The summed E-state index contributed by atoms with van der Waals surface area (Å²) >= 11 is 5.83. The summed E-state index contributed by atoms with van der Waals surface area (Å²) in [5.41, 5.74) is 0.865. The average molecular weight is 262 g/mol. The van der Waals surface area contributed by atoms with Gasteiger partial charge in [-0.15, -0.1) is 0 Å². The number of halogens is 1. The Morgan fingerprint density at radius 3 is 2.94 bits per heavy atom. The van der Waals surface area contributed by atoms with Crippen LogP contribution in [-0.2, 0) is 10.0 Å². The molecule has 4 nitrogen and oxygen atoms in total. The number of benzene rings is 1. The van der Waals surface area contributed by atoms with Gasteiger partial charge in [0.1, 0.15) is 5.75 Å². The third-order valence-electron chi connectivity index (χ3n) is 2.57. The van der Waals surface area contributed by atoms with E-state index in [-0.39, 0.29) is 11.7 Å². The third kappa shape index (κ3) is 2.66. The molecule has 0 saturated carbocycles. The van der Waals surface area contributed by atoms with Crippen LogP contribution in [0.2, 0.25) is 5.02 Å². The molecule has 0 aromatic heterocycles. The Morgan fingerprint density at radius 1 is 1.50 bits per heavy atom. The molecule has 0 unspecified atom stereocenters. The standard InChI is InChI=1S/C10H12ClNO3S/c11-8-1-2-9-7(6-16(12,13)14)3-4-15-10(9)5-8/h1-2,5,7H,3-4,6H2,(H2,12,13,14)/t7-/m1/s1. The predicted octanol–water partition coefficient (Wildman–Crippen LogP) is 1.49. The van der Waals surface area contributed by atoms with E-state index >= 15 is 0 Å². The van der Waals surface area contributed by atoms with E-state index in [4.69, 9.17) is 21.5 Å². The summed E-state index contributed by atoms with van der Waals surface area (Å²) in [6, 6.07) is 5.23. The van der Waals surface area contributed by atoms with Crippen LogP contribution in [-0.4, -0.2) is 20.8 Å². The highest BCUT2D eigenvalue weighted by Gasteiger charge is 2.25. The molecule has 0 radical (unpaired) electrons. The Labute approximate surface area is 99.4 Å².